The molecule has 3 rings (SSSR count). The molecule has 0 fully saturated rings. The highest BCUT2D eigenvalue weighted by Crippen LogP contribution is 2.29. The van der Waals surface area contributed by atoms with Crippen molar-refractivity contribution in [1.82, 2.24) is 9.78 Å². The summed E-state index contributed by atoms with van der Waals surface area (Å²) in [6.07, 6.45) is -0.937. The molecular formula is C21H20FN3O5. The normalized spacial score (nSPS) is 11.5. The van der Waals surface area contributed by atoms with Crippen LogP contribution < -0.4 is 25.1 Å². The Labute approximate surface area is 171 Å². The van der Waals surface area contributed by atoms with Gasteiger partial charge in [0.15, 0.2) is 6.10 Å². The lowest BCUT2D eigenvalue weighted by Crippen LogP contribution is -2.31. The average molecular weight is 413 g/mol. The number of carbonyl (C=O) groups excluding carboxylic acids is 1. The number of carbonyl (C=O) groups is 1. The Morgan fingerprint density at radius 2 is 1.80 bits per heavy atom. The second-order valence-electron chi connectivity index (χ2n) is 6.21. The molecule has 1 atom stereocenters. The van der Waals surface area contributed by atoms with Gasteiger partial charge >= 0.3 is 0 Å². The number of halogens is 1. The molecule has 0 spiro atoms. The molecule has 9 heteroatoms. The zero-order valence-corrected chi connectivity index (χ0v) is 16.6. The molecule has 0 aliphatic carbocycles. The molecular weight excluding hydrogens is 393 g/mol. The van der Waals surface area contributed by atoms with Crippen LogP contribution in [0.4, 0.5) is 10.1 Å². The van der Waals surface area contributed by atoms with Crippen LogP contribution in [0, 0.1) is 5.82 Å². The fourth-order valence-corrected chi connectivity index (χ4v) is 2.61. The topological polar surface area (TPSA) is 91.7 Å². The molecule has 0 bridgehead atoms. The Hall–Kier alpha value is -3.88. The second kappa shape index (κ2) is 9.08. The van der Waals surface area contributed by atoms with Crippen LogP contribution in [0.2, 0.25) is 0 Å². The van der Waals surface area contributed by atoms with Gasteiger partial charge in [0.1, 0.15) is 17.3 Å². The van der Waals surface area contributed by atoms with Crippen molar-refractivity contribution in [3.8, 4) is 23.1 Å². The molecule has 0 aliphatic rings. The van der Waals surface area contributed by atoms with Gasteiger partial charge < -0.3 is 19.5 Å². The van der Waals surface area contributed by atoms with Gasteiger partial charge in [-0.1, -0.05) is 0 Å². The Kier molecular flexibility index (Phi) is 6.31. The number of nitrogens with one attached hydrogen (secondary N) is 1. The second-order valence-corrected chi connectivity index (χ2v) is 6.21. The van der Waals surface area contributed by atoms with E-state index >= 15 is 0 Å². The van der Waals surface area contributed by atoms with E-state index in [9.17, 15) is 14.0 Å². The third-order valence-electron chi connectivity index (χ3n) is 4.18. The molecule has 8 nitrogen and oxygen atoms in total. The molecule has 1 amide bonds. The van der Waals surface area contributed by atoms with Crippen molar-refractivity contribution in [2.75, 3.05) is 19.5 Å². The van der Waals surface area contributed by atoms with Crippen LogP contribution in [0.1, 0.15) is 6.92 Å². The van der Waals surface area contributed by atoms with E-state index in [2.05, 4.69) is 10.4 Å². The number of benzene rings is 2. The number of rotatable bonds is 7. The van der Waals surface area contributed by atoms with Gasteiger partial charge in [-0.3, -0.25) is 9.59 Å². The maximum atomic E-state index is 13.1. The standard InChI is InChI=1S/C21H20FN3O5/c1-13(21(27)23-17-12-16(28-2)8-9-18(17)29-3)30-19-10-11-20(26)25(24-19)15-6-4-14(22)5-7-15/h4-13H,1-3H3,(H,23,27)/t13-/m1/s1. The predicted molar refractivity (Wildman–Crippen MR) is 108 cm³/mol. The van der Waals surface area contributed by atoms with E-state index in [1.807, 2.05) is 0 Å². The van der Waals surface area contributed by atoms with Crippen LogP contribution >= 0.6 is 0 Å². The summed E-state index contributed by atoms with van der Waals surface area (Å²) < 4.78 is 30.2. The molecule has 0 saturated carbocycles. The molecule has 1 N–H and O–H groups in total. The van der Waals surface area contributed by atoms with E-state index in [-0.39, 0.29) is 5.88 Å². The molecule has 30 heavy (non-hydrogen) atoms. The van der Waals surface area contributed by atoms with Crippen molar-refractivity contribution in [3.63, 3.8) is 0 Å². The molecule has 2 aromatic carbocycles. The van der Waals surface area contributed by atoms with Gasteiger partial charge in [-0.05, 0) is 43.3 Å². The Morgan fingerprint density at radius 1 is 1.07 bits per heavy atom. The van der Waals surface area contributed by atoms with E-state index in [0.29, 0.717) is 22.9 Å². The van der Waals surface area contributed by atoms with E-state index < -0.39 is 23.4 Å². The van der Waals surface area contributed by atoms with Gasteiger partial charge in [0.25, 0.3) is 11.5 Å². The third-order valence-corrected chi connectivity index (χ3v) is 4.18. The van der Waals surface area contributed by atoms with Gasteiger partial charge in [0.2, 0.25) is 5.88 Å². The van der Waals surface area contributed by atoms with Crippen molar-refractivity contribution in [1.29, 1.82) is 0 Å². The van der Waals surface area contributed by atoms with Crippen LogP contribution in [0.5, 0.6) is 17.4 Å². The largest absolute Gasteiger partial charge is 0.497 e. The van der Waals surface area contributed by atoms with Crippen molar-refractivity contribution < 1.29 is 23.4 Å². The molecule has 3 aromatic rings. The summed E-state index contributed by atoms with van der Waals surface area (Å²) >= 11 is 0. The van der Waals surface area contributed by atoms with E-state index in [0.717, 1.165) is 4.68 Å². The smallest absolute Gasteiger partial charge is 0.271 e. The molecule has 0 unspecified atom stereocenters. The van der Waals surface area contributed by atoms with Gasteiger partial charge in [0, 0.05) is 18.2 Å². The first-order chi connectivity index (χ1) is 14.4. The van der Waals surface area contributed by atoms with Crippen LogP contribution in [-0.2, 0) is 4.79 Å². The summed E-state index contributed by atoms with van der Waals surface area (Å²) in [6, 6.07) is 12.9. The maximum absolute atomic E-state index is 13.1. The van der Waals surface area contributed by atoms with Gasteiger partial charge in [0.05, 0.1) is 25.6 Å². The molecule has 0 saturated heterocycles. The quantitative estimate of drug-likeness (QED) is 0.641. The maximum Gasteiger partial charge on any atom is 0.271 e. The van der Waals surface area contributed by atoms with Gasteiger partial charge in [-0.15, -0.1) is 5.10 Å². The average Bonchev–Trinajstić information content (AvgIpc) is 2.75. The number of anilines is 1. The van der Waals surface area contributed by atoms with E-state index in [4.69, 9.17) is 14.2 Å². The first kappa shape index (κ1) is 20.8. The number of ether oxygens (including phenoxy) is 3. The fourth-order valence-electron chi connectivity index (χ4n) is 2.61. The number of aromatic nitrogens is 2. The molecule has 0 aliphatic heterocycles. The van der Waals surface area contributed by atoms with Gasteiger partial charge in [-0.25, -0.2) is 4.39 Å². The Balaban J connectivity index is 1.77. The first-order valence-corrected chi connectivity index (χ1v) is 8.97. The molecule has 0 radical (unpaired) electrons. The Morgan fingerprint density at radius 3 is 2.47 bits per heavy atom. The lowest BCUT2D eigenvalue weighted by molar-refractivity contribution is -0.122. The summed E-state index contributed by atoms with van der Waals surface area (Å²) in [5, 5.41) is 6.81. The minimum absolute atomic E-state index is 0.0548. The first-order valence-electron chi connectivity index (χ1n) is 8.97. The minimum Gasteiger partial charge on any atom is -0.497 e. The third kappa shape index (κ3) is 4.75. The SMILES string of the molecule is COc1ccc(OC)c(NC(=O)[C@@H](C)Oc2ccc(=O)n(-c3ccc(F)cc3)n2)c1. The number of amides is 1. The van der Waals surface area contributed by atoms with Crippen LogP contribution in [0.3, 0.4) is 0 Å². The molecule has 1 heterocycles. The van der Waals surface area contributed by atoms with Crippen LogP contribution in [-0.4, -0.2) is 36.0 Å². The lowest BCUT2D eigenvalue weighted by atomic mass is 10.2. The zero-order valence-electron chi connectivity index (χ0n) is 16.6. The van der Waals surface area contributed by atoms with Gasteiger partial charge in [-0.2, -0.15) is 4.68 Å². The summed E-state index contributed by atoms with van der Waals surface area (Å²) in [4.78, 5) is 24.7. The van der Waals surface area contributed by atoms with Crippen molar-refractivity contribution in [2.45, 2.75) is 13.0 Å². The monoisotopic (exact) mass is 413 g/mol. The van der Waals surface area contributed by atoms with Crippen molar-refractivity contribution in [3.05, 3.63) is 70.8 Å². The lowest BCUT2D eigenvalue weighted by Gasteiger charge is -2.16. The highest BCUT2D eigenvalue weighted by molar-refractivity contribution is 5.95. The highest BCUT2D eigenvalue weighted by atomic mass is 19.1. The number of nitrogens with zero attached hydrogens (tertiary/aromatic N) is 2. The predicted octanol–water partition coefficient (Wildman–Crippen LogP) is 2.79. The zero-order chi connectivity index (χ0) is 21.7. The minimum atomic E-state index is -0.937. The number of methoxy groups -OCH3 is 2. The fraction of sp³-hybridized carbons (Fsp3) is 0.190. The summed E-state index contributed by atoms with van der Waals surface area (Å²) in [7, 11) is 3.00. The summed E-state index contributed by atoms with van der Waals surface area (Å²) in [6.45, 7) is 1.54. The van der Waals surface area contributed by atoms with Crippen LogP contribution in [0.15, 0.2) is 59.4 Å². The van der Waals surface area contributed by atoms with Crippen molar-refractivity contribution in [2.24, 2.45) is 0 Å². The summed E-state index contributed by atoms with van der Waals surface area (Å²) in [5.41, 5.74) is 0.360. The number of hydrogen-bond acceptors (Lipinski definition) is 6. The summed E-state index contributed by atoms with van der Waals surface area (Å²) in [5.74, 6) is 0.173. The van der Waals surface area contributed by atoms with E-state index in [1.54, 1.807) is 18.2 Å². The van der Waals surface area contributed by atoms with Crippen LogP contribution in [0.25, 0.3) is 5.69 Å². The molecule has 156 valence electrons. The van der Waals surface area contributed by atoms with E-state index in [1.165, 1.54) is 57.5 Å². The Bertz CT molecular complexity index is 1100. The number of hydrogen-bond donors (Lipinski definition) is 1. The molecule has 1 aromatic heterocycles. The highest BCUT2D eigenvalue weighted by Gasteiger charge is 2.18. The van der Waals surface area contributed by atoms with Crippen molar-refractivity contribution >= 4 is 11.6 Å².